The highest BCUT2D eigenvalue weighted by atomic mass is 16.2. The van der Waals surface area contributed by atoms with Crippen molar-refractivity contribution in [2.45, 2.75) is 31.7 Å². The molecule has 1 fully saturated rings. The lowest BCUT2D eigenvalue weighted by Crippen LogP contribution is -2.51. The molecule has 1 heterocycles. The minimum absolute atomic E-state index is 0.00319. The van der Waals surface area contributed by atoms with Gasteiger partial charge in [0.1, 0.15) is 0 Å². The van der Waals surface area contributed by atoms with Crippen molar-refractivity contribution in [3.8, 4) is 0 Å². The van der Waals surface area contributed by atoms with E-state index in [0.717, 1.165) is 19.4 Å². The molecule has 0 aromatic rings. The first-order valence-electron chi connectivity index (χ1n) is 5.69. The molecule has 1 aliphatic rings. The fourth-order valence-corrected chi connectivity index (χ4v) is 1.79. The highest BCUT2D eigenvalue weighted by Gasteiger charge is 2.35. The van der Waals surface area contributed by atoms with Crippen LogP contribution in [0.3, 0.4) is 0 Å². The first-order valence-corrected chi connectivity index (χ1v) is 5.69. The van der Waals surface area contributed by atoms with Crippen LogP contribution in [0.5, 0.6) is 0 Å². The number of carbonyl (C=O) groups excluding carboxylic acids is 2. The molecule has 0 saturated carbocycles. The van der Waals surface area contributed by atoms with Gasteiger partial charge in [-0.2, -0.15) is 0 Å². The Kier molecular flexibility index (Phi) is 4.29. The Labute approximate surface area is 96.6 Å². The standard InChI is InChI=1S/C11H21N3O2/c1-11(6-4-7-13-11)10(16)12-8-5-9(15)14(2)3/h13H,4-8H2,1-3H3,(H,12,16). The Morgan fingerprint density at radius 2 is 2.12 bits per heavy atom. The third kappa shape index (κ3) is 3.20. The molecule has 1 aliphatic heterocycles. The van der Waals surface area contributed by atoms with Gasteiger partial charge < -0.3 is 15.5 Å². The normalized spacial score (nSPS) is 24.2. The van der Waals surface area contributed by atoms with Crippen molar-refractivity contribution in [2.24, 2.45) is 0 Å². The van der Waals surface area contributed by atoms with Gasteiger partial charge in [0.25, 0.3) is 0 Å². The van der Waals surface area contributed by atoms with Gasteiger partial charge in [-0.3, -0.25) is 9.59 Å². The van der Waals surface area contributed by atoms with Crippen molar-refractivity contribution in [2.75, 3.05) is 27.2 Å². The second-order valence-electron chi connectivity index (χ2n) is 4.66. The van der Waals surface area contributed by atoms with Gasteiger partial charge in [0.15, 0.2) is 0 Å². The van der Waals surface area contributed by atoms with Crippen LogP contribution in [-0.2, 0) is 9.59 Å². The van der Waals surface area contributed by atoms with E-state index in [1.54, 1.807) is 14.1 Å². The molecule has 2 N–H and O–H groups in total. The molecular weight excluding hydrogens is 206 g/mol. The van der Waals surface area contributed by atoms with E-state index in [0.29, 0.717) is 13.0 Å². The Hall–Kier alpha value is -1.10. The highest BCUT2D eigenvalue weighted by molar-refractivity contribution is 5.86. The van der Waals surface area contributed by atoms with E-state index in [-0.39, 0.29) is 11.8 Å². The lowest BCUT2D eigenvalue weighted by Gasteiger charge is -2.23. The molecule has 0 aliphatic carbocycles. The van der Waals surface area contributed by atoms with Gasteiger partial charge >= 0.3 is 0 Å². The van der Waals surface area contributed by atoms with Gasteiger partial charge in [0.2, 0.25) is 11.8 Å². The van der Waals surface area contributed by atoms with Crippen LogP contribution in [0.15, 0.2) is 0 Å². The molecule has 16 heavy (non-hydrogen) atoms. The molecule has 0 aromatic carbocycles. The molecule has 0 aromatic heterocycles. The minimum Gasteiger partial charge on any atom is -0.354 e. The maximum absolute atomic E-state index is 11.8. The molecule has 2 amide bonds. The molecule has 1 rings (SSSR count). The van der Waals surface area contributed by atoms with Crippen molar-refractivity contribution in [3.63, 3.8) is 0 Å². The van der Waals surface area contributed by atoms with Crippen LogP contribution in [-0.4, -0.2) is 49.4 Å². The lowest BCUT2D eigenvalue weighted by atomic mass is 9.99. The quantitative estimate of drug-likeness (QED) is 0.694. The Balaban J connectivity index is 2.28. The summed E-state index contributed by atoms with van der Waals surface area (Å²) >= 11 is 0. The van der Waals surface area contributed by atoms with Crippen LogP contribution >= 0.6 is 0 Å². The van der Waals surface area contributed by atoms with Crippen molar-refractivity contribution in [3.05, 3.63) is 0 Å². The van der Waals surface area contributed by atoms with E-state index >= 15 is 0 Å². The Bertz CT molecular complexity index is 270. The summed E-state index contributed by atoms with van der Waals surface area (Å²) in [5.41, 5.74) is -0.443. The van der Waals surface area contributed by atoms with Gasteiger partial charge in [0, 0.05) is 27.1 Å². The van der Waals surface area contributed by atoms with Crippen LogP contribution in [0.2, 0.25) is 0 Å². The zero-order valence-corrected chi connectivity index (χ0v) is 10.3. The van der Waals surface area contributed by atoms with E-state index < -0.39 is 5.54 Å². The summed E-state index contributed by atoms with van der Waals surface area (Å²) in [5, 5.41) is 5.99. The van der Waals surface area contributed by atoms with Crippen molar-refractivity contribution < 1.29 is 9.59 Å². The summed E-state index contributed by atoms with van der Waals surface area (Å²) in [6.07, 6.45) is 2.25. The summed E-state index contributed by atoms with van der Waals surface area (Å²) < 4.78 is 0. The molecule has 0 bridgehead atoms. The third-order valence-electron chi connectivity index (χ3n) is 2.99. The summed E-state index contributed by atoms with van der Waals surface area (Å²) in [6, 6.07) is 0. The molecule has 0 spiro atoms. The first kappa shape index (κ1) is 13.0. The van der Waals surface area contributed by atoms with Crippen molar-refractivity contribution in [1.82, 2.24) is 15.5 Å². The van der Waals surface area contributed by atoms with Gasteiger partial charge in [-0.05, 0) is 26.3 Å². The van der Waals surface area contributed by atoms with E-state index in [1.165, 1.54) is 4.90 Å². The number of amides is 2. The molecule has 5 heteroatoms. The number of hydrogen-bond acceptors (Lipinski definition) is 3. The molecule has 1 unspecified atom stereocenters. The molecule has 1 saturated heterocycles. The zero-order chi connectivity index (χ0) is 12.2. The predicted octanol–water partition coefficient (Wildman–Crippen LogP) is -0.277. The largest absolute Gasteiger partial charge is 0.354 e. The topological polar surface area (TPSA) is 61.4 Å². The number of rotatable bonds is 4. The van der Waals surface area contributed by atoms with Crippen molar-refractivity contribution in [1.29, 1.82) is 0 Å². The monoisotopic (exact) mass is 227 g/mol. The summed E-state index contributed by atoms with van der Waals surface area (Å²) in [6.45, 7) is 3.21. The predicted molar refractivity (Wildman–Crippen MR) is 62.0 cm³/mol. The van der Waals surface area contributed by atoms with Gasteiger partial charge in [-0.1, -0.05) is 0 Å². The second kappa shape index (κ2) is 5.30. The lowest BCUT2D eigenvalue weighted by molar-refractivity contribution is -0.129. The van der Waals surface area contributed by atoms with E-state index in [1.807, 2.05) is 6.92 Å². The number of carbonyl (C=O) groups is 2. The number of hydrogen-bond donors (Lipinski definition) is 2. The average Bonchev–Trinajstić information content (AvgIpc) is 2.66. The van der Waals surface area contributed by atoms with Gasteiger partial charge in [-0.25, -0.2) is 0 Å². The fourth-order valence-electron chi connectivity index (χ4n) is 1.79. The minimum atomic E-state index is -0.443. The summed E-state index contributed by atoms with van der Waals surface area (Å²) in [4.78, 5) is 24.6. The molecule has 92 valence electrons. The van der Waals surface area contributed by atoms with E-state index in [9.17, 15) is 9.59 Å². The Morgan fingerprint density at radius 1 is 1.44 bits per heavy atom. The van der Waals surface area contributed by atoms with Gasteiger partial charge in [-0.15, -0.1) is 0 Å². The Morgan fingerprint density at radius 3 is 2.62 bits per heavy atom. The zero-order valence-electron chi connectivity index (χ0n) is 10.3. The summed E-state index contributed by atoms with van der Waals surface area (Å²) in [5.74, 6) is 0.0291. The first-order chi connectivity index (χ1) is 7.46. The number of nitrogens with one attached hydrogen (secondary N) is 2. The van der Waals surface area contributed by atoms with Crippen molar-refractivity contribution >= 4 is 11.8 Å². The van der Waals surface area contributed by atoms with Gasteiger partial charge in [0.05, 0.1) is 5.54 Å². The molecule has 5 nitrogen and oxygen atoms in total. The average molecular weight is 227 g/mol. The van der Waals surface area contributed by atoms with Crippen LogP contribution in [0.1, 0.15) is 26.2 Å². The van der Waals surface area contributed by atoms with E-state index in [4.69, 9.17) is 0 Å². The molecular formula is C11H21N3O2. The van der Waals surface area contributed by atoms with Crippen LogP contribution < -0.4 is 10.6 Å². The molecule has 0 radical (unpaired) electrons. The third-order valence-corrected chi connectivity index (χ3v) is 2.99. The summed E-state index contributed by atoms with van der Waals surface area (Å²) in [7, 11) is 3.42. The smallest absolute Gasteiger partial charge is 0.240 e. The van der Waals surface area contributed by atoms with Crippen LogP contribution in [0.25, 0.3) is 0 Å². The maximum atomic E-state index is 11.8. The highest BCUT2D eigenvalue weighted by Crippen LogP contribution is 2.18. The van der Waals surface area contributed by atoms with E-state index in [2.05, 4.69) is 10.6 Å². The number of nitrogens with zero attached hydrogens (tertiary/aromatic N) is 1. The molecule has 1 atom stereocenters. The maximum Gasteiger partial charge on any atom is 0.240 e. The fraction of sp³-hybridized carbons (Fsp3) is 0.818. The second-order valence-corrected chi connectivity index (χ2v) is 4.66. The van der Waals surface area contributed by atoms with Crippen LogP contribution in [0.4, 0.5) is 0 Å². The van der Waals surface area contributed by atoms with Crippen LogP contribution in [0, 0.1) is 0 Å². The SMILES string of the molecule is CN(C)C(=O)CCNC(=O)C1(C)CCCN1.